The average molecular weight is 348 g/mol. The molecule has 8 heteroatoms. The van der Waals surface area contributed by atoms with E-state index in [1.165, 1.54) is 6.08 Å². The lowest BCUT2D eigenvalue weighted by Gasteiger charge is -2.08. The zero-order chi connectivity index (χ0) is 18.8. The van der Waals surface area contributed by atoms with Crippen molar-refractivity contribution in [3.63, 3.8) is 0 Å². The zero-order valence-corrected chi connectivity index (χ0v) is 13.9. The average Bonchev–Trinajstić information content (AvgIpc) is 2.96. The number of nitrogens with zero attached hydrogens (tertiary/aromatic N) is 1. The summed E-state index contributed by atoms with van der Waals surface area (Å²) in [6, 6.07) is 7.97. The van der Waals surface area contributed by atoms with Crippen LogP contribution in [0.4, 0.5) is 0 Å². The number of likely N-dealkylation sites (N-methyl/N-ethyl adjacent to an activating group) is 1. The molecule has 2 rings (SSSR count). The summed E-state index contributed by atoms with van der Waals surface area (Å²) >= 11 is 0. The van der Waals surface area contributed by atoms with E-state index in [2.05, 4.69) is 4.98 Å². The fourth-order valence-electron chi connectivity index (χ4n) is 1.77. The van der Waals surface area contributed by atoms with Crippen LogP contribution in [0.1, 0.15) is 5.56 Å². The highest BCUT2D eigenvalue weighted by molar-refractivity contribution is 6.27. The molecule has 0 radical (unpaired) electrons. The maximum atomic E-state index is 11.5. The van der Waals surface area contributed by atoms with Gasteiger partial charge in [0.2, 0.25) is 0 Å². The van der Waals surface area contributed by atoms with E-state index in [1.807, 2.05) is 49.5 Å². The summed E-state index contributed by atoms with van der Waals surface area (Å²) in [4.78, 5) is 34.8. The van der Waals surface area contributed by atoms with E-state index in [0.717, 1.165) is 23.0 Å². The van der Waals surface area contributed by atoms with Crippen molar-refractivity contribution in [3.8, 4) is 0 Å². The second kappa shape index (κ2) is 9.89. The molecule has 2 aromatic rings. The summed E-state index contributed by atoms with van der Waals surface area (Å²) < 4.78 is 5.09. The largest absolute Gasteiger partial charge is 0.473 e. The van der Waals surface area contributed by atoms with Crippen LogP contribution < -0.4 is 0 Å². The van der Waals surface area contributed by atoms with E-state index < -0.39 is 11.9 Å². The van der Waals surface area contributed by atoms with Crippen LogP contribution in [0.2, 0.25) is 0 Å². The number of carbonyl (C=O) groups excluding carboxylic acids is 1. The molecule has 25 heavy (non-hydrogen) atoms. The van der Waals surface area contributed by atoms with Gasteiger partial charge in [0, 0.05) is 35.3 Å². The van der Waals surface area contributed by atoms with Gasteiger partial charge < -0.3 is 24.8 Å². The number of carboxylic acids is 2. The molecular weight excluding hydrogens is 328 g/mol. The molecular formula is C17H20N2O6. The van der Waals surface area contributed by atoms with Crippen LogP contribution in [0.5, 0.6) is 0 Å². The maximum absolute atomic E-state index is 11.5. The lowest BCUT2D eigenvalue weighted by atomic mass is 10.1. The van der Waals surface area contributed by atoms with Gasteiger partial charge in [0.25, 0.3) is 0 Å². The third kappa shape index (κ3) is 7.32. The Morgan fingerprint density at radius 3 is 2.40 bits per heavy atom. The van der Waals surface area contributed by atoms with Crippen LogP contribution in [0.15, 0.2) is 36.5 Å². The molecule has 0 aliphatic rings. The fraction of sp³-hybridized carbons (Fsp3) is 0.235. The molecule has 0 atom stereocenters. The number of carbonyl (C=O) groups is 3. The molecule has 0 aliphatic heterocycles. The van der Waals surface area contributed by atoms with Gasteiger partial charge in [0.05, 0.1) is 0 Å². The molecule has 8 nitrogen and oxygen atoms in total. The van der Waals surface area contributed by atoms with Crippen LogP contribution in [-0.4, -0.2) is 65.3 Å². The van der Waals surface area contributed by atoms with E-state index in [9.17, 15) is 4.79 Å². The van der Waals surface area contributed by atoms with Crippen molar-refractivity contribution in [2.24, 2.45) is 0 Å². The lowest BCUT2D eigenvalue weighted by Crippen LogP contribution is -2.19. The molecule has 0 spiro atoms. The molecule has 3 N–H and O–H groups in total. The smallest absolute Gasteiger partial charge is 0.414 e. The number of benzene rings is 1. The van der Waals surface area contributed by atoms with Crippen LogP contribution in [0.3, 0.4) is 0 Å². The predicted octanol–water partition coefficient (Wildman–Crippen LogP) is 1.44. The number of para-hydroxylation sites is 1. The van der Waals surface area contributed by atoms with Gasteiger partial charge in [-0.05, 0) is 26.2 Å². The van der Waals surface area contributed by atoms with Gasteiger partial charge in [-0.3, -0.25) is 0 Å². The second-order valence-corrected chi connectivity index (χ2v) is 5.20. The van der Waals surface area contributed by atoms with Crippen LogP contribution >= 0.6 is 0 Å². The predicted molar refractivity (Wildman–Crippen MR) is 92.1 cm³/mol. The quantitative estimate of drug-likeness (QED) is 0.425. The Morgan fingerprint density at radius 2 is 1.80 bits per heavy atom. The van der Waals surface area contributed by atoms with Crippen molar-refractivity contribution in [3.05, 3.63) is 42.1 Å². The number of fused-ring (bicyclic) bond motifs is 1. The molecule has 134 valence electrons. The first kappa shape index (κ1) is 19.9. The normalized spacial score (nSPS) is 10.5. The first-order chi connectivity index (χ1) is 11.8. The SMILES string of the molecule is CN(C)CCOC(=O)/C=C/c1c[nH]c2ccccc12.O=C(O)C(=O)O. The Hall–Kier alpha value is -3.13. The van der Waals surface area contributed by atoms with Gasteiger partial charge in [-0.15, -0.1) is 0 Å². The van der Waals surface area contributed by atoms with Gasteiger partial charge in [0.15, 0.2) is 0 Å². The number of esters is 1. The van der Waals surface area contributed by atoms with E-state index >= 15 is 0 Å². The van der Waals surface area contributed by atoms with E-state index in [0.29, 0.717) is 6.61 Å². The highest BCUT2D eigenvalue weighted by atomic mass is 16.5. The Balaban J connectivity index is 0.000000450. The fourth-order valence-corrected chi connectivity index (χ4v) is 1.77. The number of ether oxygens (including phenoxy) is 1. The molecule has 0 fully saturated rings. The summed E-state index contributed by atoms with van der Waals surface area (Å²) in [7, 11) is 3.88. The van der Waals surface area contributed by atoms with Crippen molar-refractivity contribution in [2.45, 2.75) is 0 Å². The maximum Gasteiger partial charge on any atom is 0.414 e. The number of nitrogens with one attached hydrogen (secondary N) is 1. The number of aromatic nitrogens is 1. The highest BCUT2D eigenvalue weighted by Crippen LogP contribution is 2.18. The highest BCUT2D eigenvalue weighted by Gasteiger charge is 2.04. The Kier molecular flexibility index (Phi) is 7.88. The molecule has 1 heterocycles. The van der Waals surface area contributed by atoms with Gasteiger partial charge in [0.1, 0.15) is 6.61 Å². The Bertz CT molecular complexity index is 751. The van der Waals surface area contributed by atoms with Gasteiger partial charge in [-0.2, -0.15) is 0 Å². The summed E-state index contributed by atoms with van der Waals surface area (Å²) in [5, 5.41) is 15.9. The molecule has 0 saturated carbocycles. The summed E-state index contributed by atoms with van der Waals surface area (Å²) in [5.41, 5.74) is 2.04. The van der Waals surface area contributed by atoms with Crippen LogP contribution in [0, 0.1) is 0 Å². The zero-order valence-electron chi connectivity index (χ0n) is 13.9. The Labute approximate surface area is 144 Å². The van der Waals surface area contributed by atoms with E-state index in [1.54, 1.807) is 6.08 Å². The van der Waals surface area contributed by atoms with Crippen molar-refractivity contribution in [1.82, 2.24) is 9.88 Å². The van der Waals surface area contributed by atoms with Gasteiger partial charge >= 0.3 is 17.9 Å². The summed E-state index contributed by atoms with van der Waals surface area (Å²) in [6.07, 6.45) is 5.12. The molecule has 0 unspecified atom stereocenters. The van der Waals surface area contributed by atoms with Gasteiger partial charge in [-0.25, -0.2) is 14.4 Å². The van der Waals surface area contributed by atoms with Crippen molar-refractivity contribution >= 4 is 34.9 Å². The first-order valence-corrected chi connectivity index (χ1v) is 7.33. The van der Waals surface area contributed by atoms with Gasteiger partial charge in [-0.1, -0.05) is 18.2 Å². The number of rotatable bonds is 5. The van der Waals surface area contributed by atoms with Crippen LogP contribution in [0.25, 0.3) is 17.0 Å². The third-order valence-electron chi connectivity index (χ3n) is 2.99. The number of aromatic amines is 1. The number of aliphatic carboxylic acids is 2. The van der Waals surface area contributed by atoms with Crippen molar-refractivity contribution < 1.29 is 29.3 Å². The van der Waals surface area contributed by atoms with Crippen molar-refractivity contribution in [2.75, 3.05) is 27.2 Å². The minimum Gasteiger partial charge on any atom is -0.473 e. The molecule has 0 saturated heterocycles. The lowest BCUT2D eigenvalue weighted by molar-refractivity contribution is -0.159. The standard InChI is InChI=1S/C15H18N2O2.C2H2O4/c1-17(2)9-10-19-15(18)8-7-12-11-16-14-6-4-3-5-13(12)14;3-1(4)2(5)6/h3-8,11,16H,9-10H2,1-2H3;(H,3,4)(H,5,6)/b8-7+;. The van der Waals surface area contributed by atoms with E-state index in [-0.39, 0.29) is 5.97 Å². The number of carboxylic acid groups (broad SMARTS) is 2. The molecule has 1 aromatic carbocycles. The molecule has 0 amide bonds. The molecule has 1 aromatic heterocycles. The Morgan fingerprint density at radius 1 is 1.16 bits per heavy atom. The second-order valence-electron chi connectivity index (χ2n) is 5.20. The van der Waals surface area contributed by atoms with Crippen LogP contribution in [-0.2, 0) is 19.1 Å². The monoisotopic (exact) mass is 348 g/mol. The minimum absolute atomic E-state index is 0.313. The molecule has 0 aliphatic carbocycles. The molecule has 0 bridgehead atoms. The minimum atomic E-state index is -1.82. The third-order valence-corrected chi connectivity index (χ3v) is 2.99. The van der Waals surface area contributed by atoms with Crippen molar-refractivity contribution in [1.29, 1.82) is 0 Å². The topological polar surface area (TPSA) is 120 Å². The number of H-pyrrole nitrogens is 1. The number of hydrogen-bond acceptors (Lipinski definition) is 5. The first-order valence-electron chi connectivity index (χ1n) is 7.33. The summed E-state index contributed by atoms with van der Waals surface area (Å²) in [5.74, 6) is -3.96. The van der Waals surface area contributed by atoms with E-state index in [4.69, 9.17) is 24.5 Å². The summed E-state index contributed by atoms with van der Waals surface area (Å²) in [6.45, 7) is 1.14. The number of hydrogen-bond donors (Lipinski definition) is 3.